The number of nitrogens with two attached hydrogens (primary N) is 1. The molecule has 0 bridgehead atoms. The fourth-order valence-corrected chi connectivity index (χ4v) is 2.37. The first-order chi connectivity index (χ1) is 13.6. The number of hydrogen-bond acceptors (Lipinski definition) is 4. The summed E-state index contributed by atoms with van der Waals surface area (Å²) in [6.07, 6.45) is 0.645. The van der Waals surface area contributed by atoms with Crippen LogP contribution in [0.4, 0.5) is 8.78 Å². The van der Waals surface area contributed by atoms with E-state index >= 15 is 0 Å². The molecule has 4 N–H and O–H groups in total. The maximum atomic E-state index is 12.9. The maximum absolute atomic E-state index is 12.9. The molecule has 0 aliphatic rings. The molecule has 0 aliphatic carbocycles. The molecule has 0 aliphatic heterocycles. The number of carboxylic acid groups (broad SMARTS) is 1. The predicted octanol–water partition coefficient (Wildman–Crippen LogP) is 2.37. The largest absolute Gasteiger partial charge is 0.480 e. The van der Waals surface area contributed by atoms with Gasteiger partial charge >= 0.3 is 5.97 Å². The van der Waals surface area contributed by atoms with Crippen LogP contribution in [-0.4, -0.2) is 33.9 Å². The summed E-state index contributed by atoms with van der Waals surface area (Å²) in [6.45, 7) is 3.61. The Morgan fingerprint density at radius 1 is 1.17 bits per heavy atom. The molecular weight excluding hydrogens is 384 g/mol. The number of aromatic nitrogens is 1. The number of nitrogens with one attached hydrogen (secondary N) is 1. The number of carbonyl (C=O) groups is 3. The van der Waals surface area contributed by atoms with Crippen molar-refractivity contribution in [1.82, 2.24) is 10.3 Å². The van der Waals surface area contributed by atoms with Crippen LogP contribution < -0.4 is 11.1 Å². The first kappa shape index (κ1) is 23.7. The molecule has 0 saturated heterocycles. The van der Waals surface area contributed by atoms with Gasteiger partial charge in [-0.1, -0.05) is 19.4 Å². The van der Waals surface area contributed by atoms with E-state index in [1.807, 2.05) is 13.0 Å². The number of carboxylic acids is 1. The highest BCUT2D eigenvalue weighted by atomic mass is 19.1. The van der Waals surface area contributed by atoms with Crippen molar-refractivity contribution in [1.29, 1.82) is 0 Å². The lowest BCUT2D eigenvalue weighted by Crippen LogP contribution is -2.41. The molecule has 0 spiro atoms. The molecule has 0 fully saturated rings. The van der Waals surface area contributed by atoms with Crippen LogP contribution in [0.1, 0.15) is 41.5 Å². The Morgan fingerprint density at radius 3 is 2.24 bits per heavy atom. The van der Waals surface area contributed by atoms with Gasteiger partial charge in [0.15, 0.2) is 0 Å². The molecule has 1 aromatic heterocycles. The molecule has 1 aromatic carbocycles. The van der Waals surface area contributed by atoms with Crippen LogP contribution in [0, 0.1) is 18.6 Å². The molecule has 0 radical (unpaired) electrons. The second-order valence-electron chi connectivity index (χ2n) is 6.23. The summed E-state index contributed by atoms with van der Waals surface area (Å²) < 4.78 is 25.8. The number of carbonyl (C=O) groups excluding carboxylic acids is 2. The summed E-state index contributed by atoms with van der Waals surface area (Å²) >= 11 is 0. The summed E-state index contributed by atoms with van der Waals surface area (Å²) in [4.78, 5) is 36.9. The number of amides is 2. The van der Waals surface area contributed by atoms with Crippen molar-refractivity contribution in [3.8, 4) is 0 Å². The number of aryl methyl sites for hydroxylation is 1. The topological polar surface area (TPSA) is 122 Å². The van der Waals surface area contributed by atoms with E-state index in [1.165, 1.54) is 0 Å². The monoisotopic (exact) mass is 407 g/mol. The lowest BCUT2D eigenvalue weighted by molar-refractivity contribution is -0.141. The first-order valence-corrected chi connectivity index (χ1v) is 8.83. The van der Waals surface area contributed by atoms with Crippen molar-refractivity contribution < 1.29 is 28.3 Å². The van der Waals surface area contributed by atoms with E-state index in [0.29, 0.717) is 24.6 Å². The second kappa shape index (κ2) is 11.5. The first-order valence-electron chi connectivity index (χ1n) is 8.83. The second-order valence-corrected chi connectivity index (χ2v) is 6.23. The molecule has 1 atom stereocenters. The molecule has 29 heavy (non-hydrogen) atoms. The minimum absolute atomic E-state index is 0.163. The highest BCUT2D eigenvalue weighted by molar-refractivity contribution is 5.90. The summed E-state index contributed by atoms with van der Waals surface area (Å²) in [6, 6.07) is 6.97. The number of halogens is 2. The Morgan fingerprint density at radius 2 is 1.79 bits per heavy atom. The predicted molar refractivity (Wildman–Crippen MR) is 102 cm³/mol. The zero-order valence-corrected chi connectivity index (χ0v) is 16.1. The Balaban J connectivity index is 0.000000352. The molecule has 7 nitrogen and oxygen atoms in total. The van der Waals surface area contributed by atoms with Gasteiger partial charge in [0.2, 0.25) is 5.91 Å². The van der Waals surface area contributed by atoms with E-state index < -0.39 is 35.5 Å². The smallest absolute Gasteiger partial charge is 0.326 e. The van der Waals surface area contributed by atoms with Crippen LogP contribution in [-0.2, 0) is 16.0 Å². The van der Waals surface area contributed by atoms with E-state index in [1.54, 1.807) is 19.1 Å². The fraction of sp³-hybridized carbons (Fsp3) is 0.300. The lowest BCUT2D eigenvalue weighted by atomic mass is 10.1. The normalized spacial score (nSPS) is 11.0. The van der Waals surface area contributed by atoms with Gasteiger partial charge in [-0.15, -0.1) is 0 Å². The third-order valence-corrected chi connectivity index (χ3v) is 3.64. The van der Waals surface area contributed by atoms with Crippen molar-refractivity contribution in [3.05, 3.63) is 65.0 Å². The molecule has 1 heterocycles. The summed E-state index contributed by atoms with van der Waals surface area (Å²) in [5.74, 6) is -3.73. The van der Waals surface area contributed by atoms with Crippen molar-refractivity contribution in [3.63, 3.8) is 0 Å². The van der Waals surface area contributed by atoms with Crippen LogP contribution in [0.3, 0.4) is 0 Å². The van der Waals surface area contributed by atoms with Crippen molar-refractivity contribution >= 4 is 17.8 Å². The molecule has 0 saturated carbocycles. The van der Waals surface area contributed by atoms with Gasteiger partial charge in [-0.2, -0.15) is 0 Å². The summed E-state index contributed by atoms with van der Waals surface area (Å²) in [5, 5.41) is 11.2. The van der Waals surface area contributed by atoms with Crippen LogP contribution in [0.5, 0.6) is 0 Å². The van der Waals surface area contributed by atoms with Gasteiger partial charge in [-0.3, -0.25) is 9.59 Å². The molecule has 156 valence electrons. The third kappa shape index (κ3) is 8.91. The zero-order chi connectivity index (χ0) is 22.0. The van der Waals surface area contributed by atoms with Gasteiger partial charge < -0.3 is 16.2 Å². The number of pyridine rings is 1. The average molecular weight is 407 g/mol. The van der Waals surface area contributed by atoms with Crippen molar-refractivity contribution in [2.45, 2.75) is 39.2 Å². The minimum atomic E-state index is -1.12. The third-order valence-electron chi connectivity index (χ3n) is 3.64. The number of hydrogen-bond donors (Lipinski definition) is 3. The average Bonchev–Trinajstić information content (AvgIpc) is 2.60. The van der Waals surface area contributed by atoms with Crippen LogP contribution >= 0.6 is 0 Å². The van der Waals surface area contributed by atoms with Gasteiger partial charge in [-0.05, 0) is 43.2 Å². The number of nitrogens with zero attached hydrogens (tertiary/aromatic N) is 1. The molecule has 1 unspecified atom stereocenters. The summed E-state index contributed by atoms with van der Waals surface area (Å²) in [7, 11) is 0. The van der Waals surface area contributed by atoms with E-state index in [9.17, 15) is 23.2 Å². The SMILES string of the molecule is CCCC(NC(=O)Cc1cc(F)cc(F)c1)C(=O)O.Cc1cccc(C(N)=O)n1. The van der Waals surface area contributed by atoms with E-state index in [-0.39, 0.29) is 12.0 Å². The Bertz CT molecular complexity index is 854. The van der Waals surface area contributed by atoms with Gasteiger partial charge in [-0.25, -0.2) is 18.6 Å². The summed E-state index contributed by atoms with van der Waals surface area (Å²) in [5.41, 5.74) is 6.27. The van der Waals surface area contributed by atoms with Gasteiger partial charge in [0.05, 0.1) is 6.42 Å². The molecule has 2 amide bonds. The maximum Gasteiger partial charge on any atom is 0.326 e. The quantitative estimate of drug-likeness (QED) is 0.650. The number of aliphatic carboxylic acids is 1. The number of benzene rings is 1. The molecular formula is C20H23F2N3O4. The highest BCUT2D eigenvalue weighted by Gasteiger charge is 2.19. The van der Waals surface area contributed by atoms with Crippen molar-refractivity contribution in [2.75, 3.05) is 0 Å². The van der Waals surface area contributed by atoms with E-state index in [0.717, 1.165) is 17.8 Å². The van der Waals surface area contributed by atoms with Gasteiger partial charge in [0, 0.05) is 11.8 Å². The number of rotatable bonds is 7. The Hall–Kier alpha value is -3.36. The Labute approximate surface area is 166 Å². The highest BCUT2D eigenvalue weighted by Crippen LogP contribution is 2.09. The zero-order valence-electron chi connectivity index (χ0n) is 16.1. The molecule has 9 heteroatoms. The standard InChI is InChI=1S/C13H15F2NO3.C7H8N2O/c1-2-3-11(13(18)19)16-12(17)6-8-4-9(14)7-10(15)5-8;1-5-3-2-4-6(9-5)7(8)10/h4-5,7,11H,2-3,6H2,1H3,(H,16,17)(H,18,19);2-4H,1H3,(H2,8,10). The lowest BCUT2D eigenvalue weighted by Gasteiger charge is -2.13. The van der Waals surface area contributed by atoms with Crippen LogP contribution in [0.25, 0.3) is 0 Å². The van der Waals surface area contributed by atoms with Gasteiger partial charge in [0.1, 0.15) is 23.4 Å². The molecule has 2 aromatic rings. The minimum Gasteiger partial charge on any atom is -0.480 e. The van der Waals surface area contributed by atoms with Crippen LogP contribution in [0.15, 0.2) is 36.4 Å². The van der Waals surface area contributed by atoms with Crippen LogP contribution in [0.2, 0.25) is 0 Å². The number of primary amides is 1. The molecule has 2 rings (SSSR count). The van der Waals surface area contributed by atoms with Crippen molar-refractivity contribution in [2.24, 2.45) is 5.73 Å². The fourth-order valence-electron chi connectivity index (χ4n) is 2.37. The van der Waals surface area contributed by atoms with Gasteiger partial charge in [0.25, 0.3) is 5.91 Å². The Kier molecular flexibility index (Phi) is 9.37. The van der Waals surface area contributed by atoms with E-state index in [4.69, 9.17) is 10.8 Å². The van der Waals surface area contributed by atoms with E-state index in [2.05, 4.69) is 10.3 Å².